The van der Waals surface area contributed by atoms with Gasteiger partial charge in [0.25, 0.3) is 5.78 Å². The molecule has 30 heavy (non-hydrogen) atoms. The maximum Gasteiger partial charge on any atom is 0.429 e. The number of hydrogen-bond donors (Lipinski definition) is 0. The van der Waals surface area contributed by atoms with E-state index in [1.807, 2.05) is 0 Å². The lowest BCUT2D eigenvalue weighted by Crippen LogP contribution is -2.27. The molecule has 0 bridgehead atoms. The Morgan fingerprint density at radius 3 is 2.37 bits per heavy atom. The first-order valence-electron chi connectivity index (χ1n) is 8.48. The van der Waals surface area contributed by atoms with Gasteiger partial charge in [0.2, 0.25) is 11.3 Å². The maximum absolute atomic E-state index is 13.4. The van der Waals surface area contributed by atoms with Crippen molar-refractivity contribution in [3.8, 4) is 0 Å². The molecule has 0 amide bonds. The summed E-state index contributed by atoms with van der Waals surface area (Å²) in [7, 11) is 0. The quantitative estimate of drug-likeness (QED) is 0.334. The van der Waals surface area contributed by atoms with E-state index in [4.69, 9.17) is 0 Å². The number of aryl methyl sites for hydroxylation is 2. The lowest BCUT2D eigenvalue weighted by molar-refractivity contribution is -0.223. The predicted molar refractivity (Wildman–Crippen MR) is 97.0 cm³/mol. The lowest BCUT2D eigenvalue weighted by Gasteiger charge is -2.21. The summed E-state index contributed by atoms with van der Waals surface area (Å²) >= 11 is 1.28. The van der Waals surface area contributed by atoms with Crippen LogP contribution in [0.4, 0.5) is 22.0 Å². The van der Waals surface area contributed by atoms with E-state index in [1.165, 1.54) is 16.3 Å². The second-order valence-electron chi connectivity index (χ2n) is 6.36. The predicted octanol–water partition coefficient (Wildman–Crippen LogP) is 4.13. The molecule has 2 heterocycles. The Balaban J connectivity index is 1.90. The van der Waals surface area contributed by atoms with E-state index in [-0.39, 0.29) is 5.78 Å². The zero-order valence-electron chi connectivity index (χ0n) is 15.9. The van der Waals surface area contributed by atoms with E-state index >= 15 is 0 Å². The van der Waals surface area contributed by atoms with Gasteiger partial charge in [-0.05, 0) is 32.2 Å². The standard InChI is InChI=1S/C18H15F5N4O2S/c1-8-13(9(2)27-16(24-8)25-17(26-27)30-3)7-14(28)29-15(18(21,22)23)10-4-11(19)6-12(20)5-10/h4-6,15H,7H2,1-3H3/t15-/m0/s1. The fraction of sp³-hybridized carbons (Fsp3) is 0.333. The zero-order valence-corrected chi connectivity index (χ0v) is 16.7. The van der Waals surface area contributed by atoms with Crippen LogP contribution < -0.4 is 0 Å². The summed E-state index contributed by atoms with van der Waals surface area (Å²) < 4.78 is 73.0. The molecule has 1 aromatic carbocycles. The first kappa shape index (κ1) is 21.9. The van der Waals surface area contributed by atoms with Crippen LogP contribution in [0.5, 0.6) is 0 Å². The molecule has 0 saturated carbocycles. The van der Waals surface area contributed by atoms with Crippen molar-refractivity contribution in [3.63, 3.8) is 0 Å². The molecular weight excluding hydrogens is 431 g/mol. The number of nitrogens with zero attached hydrogens (tertiary/aromatic N) is 4. The van der Waals surface area contributed by atoms with Gasteiger partial charge < -0.3 is 4.74 Å². The van der Waals surface area contributed by atoms with Crippen molar-refractivity contribution in [2.24, 2.45) is 0 Å². The van der Waals surface area contributed by atoms with Gasteiger partial charge in [0.15, 0.2) is 0 Å². The Morgan fingerprint density at radius 1 is 1.17 bits per heavy atom. The van der Waals surface area contributed by atoms with Crippen molar-refractivity contribution in [2.45, 2.75) is 37.7 Å². The molecule has 12 heteroatoms. The van der Waals surface area contributed by atoms with Crippen LogP contribution in [0.3, 0.4) is 0 Å². The highest BCUT2D eigenvalue weighted by Gasteiger charge is 2.44. The molecule has 0 radical (unpaired) electrons. The molecular formula is C18H15F5N4O2S. The first-order chi connectivity index (χ1) is 14.0. The van der Waals surface area contributed by atoms with Crippen LogP contribution in [0, 0.1) is 25.5 Å². The number of carbonyl (C=O) groups is 1. The number of fused-ring (bicyclic) bond motifs is 1. The Labute approximate surface area is 171 Å². The minimum Gasteiger partial charge on any atom is -0.447 e. The molecule has 3 rings (SSSR count). The van der Waals surface area contributed by atoms with Crippen molar-refractivity contribution in [1.82, 2.24) is 19.6 Å². The Morgan fingerprint density at radius 2 is 1.80 bits per heavy atom. The fourth-order valence-corrected chi connectivity index (χ4v) is 3.24. The van der Waals surface area contributed by atoms with Gasteiger partial charge in [0.1, 0.15) is 11.6 Å². The van der Waals surface area contributed by atoms with Crippen molar-refractivity contribution in [2.75, 3.05) is 6.26 Å². The number of rotatable bonds is 5. The topological polar surface area (TPSA) is 69.4 Å². The van der Waals surface area contributed by atoms with E-state index in [0.717, 1.165) is 0 Å². The number of ether oxygens (including phenoxy) is 1. The highest BCUT2D eigenvalue weighted by Crippen LogP contribution is 2.37. The number of hydrogen-bond acceptors (Lipinski definition) is 6. The Bertz CT molecular complexity index is 1100. The highest BCUT2D eigenvalue weighted by molar-refractivity contribution is 7.98. The van der Waals surface area contributed by atoms with Gasteiger partial charge in [-0.1, -0.05) is 11.8 Å². The lowest BCUT2D eigenvalue weighted by atomic mass is 10.1. The minimum absolute atomic E-state index is 0.287. The van der Waals surface area contributed by atoms with Crippen LogP contribution in [0.25, 0.3) is 5.78 Å². The summed E-state index contributed by atoms with van der Waals surface area (Å²) in [6.45, 7) is 3.19. The van der Waals surface area contributed by atoms with Crippen LogP contribution in [-0.4, -0.2) is 38.0 Å². The minimum atomic E-state index is -5.07. The molecule has 0 aliphatic heterocycles. The van der Waals surface area contributed by atoms with Crippen LogP contribution in [0.15, 0.2) is 23.4 Å². The van der Waals surface area contributed by atoms with Crippen molar-refractivity contribution < 1.29 is 31.5 Å². The summed E-state index contributed by atoms with van der Waals surface area (Å²) in [4.78, 5) is 20.7. The third-order valence-electron chi connectivity index (χ3n) is 4.27. The summed E-state index contributed by atoms with van der Waals surface area (Å²) in [5.41, 5.74) is 0.299. The molecule has 0 N–H and O–H groups in total. The molecule has 6 nitrogen and oxygen atoms in total. The molecule has 0 aliphatic carbocycles. The average molecular weight is 446 g/mol. The molecule has 0 unspecified atom stereocenters. The van der Waals surface area contributed by atoms with Crippen molar-refractivity contribution in [1.29, 1.82) is 0 Å². The van der Waals surface area contributed by atoms with Gasteiger partial charge in [-0.3, -0.25) is 4.79 Å². The molecule has 0 saturated heterocycles. The van der Waals surface area contributed by atoms with Gasteiger partial charge in [-0.15, -0.1) is 5.10 Å². The normalized spacial score (nSPS) is 12.9. The zero-order chi connectivity index (χ0) is 22.2. The molecule has 3 aromatic rings. The smallest absolute Gasteiger partial charge is 0.429 e. The van der Waals surface area contributed by atoms with Crippen LogP contribution in [0.1, 0.15) is 28.6 Å². The Kier molecular flexibility index (Phi) is 5.97. The second-order valence-corrected chi connectivity index (χ2v) is 7.14. The summed E-state index contributed by atoms with van der Waals surface area (Å²) in [6.07, 6.45) is -6.66. The van der Waals surface area contributed by atoms with Crippen molar-refractivity contribution in [3.05, 3.63) is 52.3 Å². The molecule has 2 aromatic heterocycles. The molecule has 0 fully saturated rings. The van der Waals surface area contributed by atoms with E-state index < -0.39 is 41.9 Å². The first-order valence-corrected chi connectivity index (χ1v) is 9.71. The highest BCUT2D eigenvalue weighted by atomic mass is 32.2. The molecule has 1 atom stereocenters. The largest absolute Gasteiger partial charge is 0.447 e. The van der Waals surface area contributed by atoms with Gasteiger partial charge in [0.05, 0.1) is 6.42 Å². The van der Waals surface area contributed by atoms with Gasteiger partial charge in [-0.25, -0.2) is 18.3 Å². The SMILES string of the molecule is CSc1nc2nc(C)c(CC(=O)O[C@@H](c3cc(F)cc(F)c3)C(F)(F)F)c(C)n2n1. The van der Waals surface area contributed by atoms with E-state index in [0.29, 0.717) is 40.3 Å². The number of benzene rings is 1. The third kappa shape index (κ3) is 4.53. The number of thioether (sulfide) groups is 1. The fourth-order valence-electron chi connectivity index (χ4n) is 2.90. The maximum atomic E-state index is 13.4. The summed E-state index contributed by atoms with van der Waals surface area (Å²) in [6, 6.07) is 1.36. The number of esters is 1. The van der Waals surface area contributed by atoms with E-state index in [2.05, 4.69) is 19.8 Å². The number of alkyl halides is 3. The van der Waals surface area contributed by atoms with Gasteiger partial charge in [0, 0.05) is 28.6 Å². The van der Waals surface area contributed by atoms with Crippen LogP contribution in [-0.2, 0) is 16.0 Å². The van der Waals surface area contributed by atoms with Crippen molar-refractivity contribution >= 4 is 23.5 Å². The van der Waals surface area contributed by atoms with E-state index in [9.17, 15) is 26.7 Å². The molecule has 0 spiro atoms. The second kappa shape index (κ2) is 8.17. The average Bonchev–Trinajstić information content (AvgIpc) is 3.04. The van der Waals surface area contributed by atoms with Gasteiger partial charge in [-0.2, -0.15) is 18.2 Å². The Hall–Kier alpha value is -2.76. The van der Waals surface area contributed by atoms with Gasteiger partial charge >= 0.3 is 12.1 Å². The monoisotopic (exact) mass is 446 g/mol. The number of halogens is 5. The van der Waals surface area contributed by atoms with Crippen LogP contribution in [0.2, 0.25) is 0 Å². The van der Waals surface area contributed by atoms with E-state index in [1.54, 1.807) is 20.1 Å². The van der Waals surface area contributed by atoms with Crippen LogP contribution >= 0.6 is 11.8 Å². The summed E-state index contributed by atoms with van der Waals surface area (Å²) in [5.74, 6) is -3.38. The molecule has 0 aliphatic rings. The molecule has 160 valence electrons. The number of carbonyl (C=O) groups excluding carboxylic acids is 1. The third-order valence-corrected chi connectivity index (χ3v) is 4.81. The summed E-state index contributed by atoms with van der Waals surface area (Å²) in [5, 5.41) is 4.64. The number of aromatic nitrogens is 4.